The van der Waals surface area contributed by atoms with Crippen molar-refractivity contribution in [2.75, 3.05) is 11.4 Å². The number of nitro groups is 1. The van der Waals surface area contributed by atoms with Crippen molar-refractivity contribution in [3.05, 3.63) is 45.5 Å². The molecule has 0 bridgehead atoms. The van der Waals surface area contributed by atoms with Gasteiger partial charge < -0.3 is 9.47 Å². The number of fused-ring (bicyclic) bond motifs is 1. The third kappa shape index (κ3) is 2.49. The van der Waals surface area contributed by atoms with Gasteiger partial charge in [0.15, 0.2) is 17.5 Å². The van der Waals surface area contributed by atoms with Crippen molar-refractivity contribution in [2.24, 2.45) is 0 Å². The normalized spacial score (nSPS) is 17.2. The molecule has 0 N–H and O–H groups in total. The summed E-state index contributed by atoms with van der Waals surface area (Å²) < 4.78 is 30.6. The summed E-state index contributed by atoms with van der Waals surface area (Å²) in [5.41, 5.74) is -0.878. The Hall–Kier alpha value is -2.58. The minimum Gasteiger partial charge on any atom is -0.355 e. The Morgan fingerprint density at radius 3 is 2.42 bits per heavy atom. The van der Waals surface area contributed by atoms with Crippen LogP contribution >= 0.6 is 0 Å². The first-order valence-electron chi connectivity index (χ1n) is 7.64. The number of benzene rings is 1. The van der Waals surface area contributed by atoms with Crippen molar-refractivity contribution < 1.29 is 13.7 Å². The van der Waals surface area contributed by atoms with Gasteiger partial charge >= 0.3 is 0 Å². The molecule has 0 amide bonds. The molecule has 1 unspecified atom stereocenters. The van der Waals surface area contributed by atoms with Gasteiger partial charge in [0.2, 0.25) is 0 Å². The second kappa shape index (κ2) is 5.81. The molecule has 1 aliphatic rings. The number of nitro benzene ring substituents is 1. The van der Waals surface area contributed by atoms with Crippen LogP contribution in [0.5, 0.6) is 0 Å². The second-order valence-electron chi connectivity index (χ2n) is 6.11. The van der Waals surface area contributed by atoms with Gasteiger partial charge in [-0.15, -0.1) is 10.2 Å². The van der Waals surface area contributed by atoms with Crippen molar-refractivity contribution >= 4 is 11.4 Å². The second-order valence-corrected chi connectivity index (χ2v) is 6.11. The fourth-order valence-electron chi connectivity index (χ4n) is 3.07. The van der Waals surface area contributed by atoms with E-state index >= 15 is 0 Å². The number of hydrogen-bond acceptors (Lipinski definition) is 5. The third-order valence-corrected chi connectivity index (χ3v) is 4.23. The molecule has 0 saturated carbocycles. The number of halogens is 2. The average Bonchev–Trinajstić information content (AvgIpc) is 2.93. The van der Waals surface area contributed by atoms with E-state index in [4.69, 9.17) is 0 Å². The number of rotatable bonds is 3. The smallest absolute Gasteiger partial charge is 0.275 e. The summed E-state index contributed by atoms with van der Waals surface area (Å²) in [4.78, 5) is 11.4. The van der Waals surface area contributed by atoms with Gasteiger partial charge in [-0.2, -0.15) is 0 Å². The van der Waals surface area contributed by atoms with Gasteiger partial charge in [0, 0.05) is 19.0 Å². The van der Waals surface area contributed by atoms with E-state index < -0.39 is 28.3 Å². The van der Waals surface area contributed by atoms with E-state index in [0.29, 0.717) is 18.9 Å². The summed E-state index contributed by atoms with van der Waals surface area (Å²) in [5, 5.41) is 19.1. The Morgan fingerprint density at radius 1 is 1.25 bits per heavy atom. The van der Waals surface area contributed by atoms with Crippen molar-refractivity contribution in [2.45, 2.75) is 39.3 Å². The molecule has 0 spiro atoms. The Balaban J connectivity index is 2.01. The molecule has 7 nitrogen and oxygen atoms in total. The molecule has 1 aromatic heterocycles. The van der Waals surface area contributed by atoms with Crippen LogP contribution < -0.4 is 4.90 Å². The Bertz CT molecular complexity index is 782. The minimum atomic E-state index is -0.953. The van der Waals surface area contributed by atoms with E-state index in [9.17, 15) is 18.9 Å². The fraction of sp³-hybridized carbons (Fsp3) is 0.467. The van der Waals surface area contributed by atoms with E-state index in [0.717, 1.165) is 18.0 Å². The number of anilines is 1. The third-order valence-electron chi connectivity index (χ3n) is 4.23. The van der Waals surface area contributed by atoms with Gasteiger partial charge in [0.1, 0.15) is 11.5 Å². The summed E-state index contributed by atoms with van der Waals surface area (Å²) in [6, 6.07) is 1.08. The lowest BCUT2D eigenvalue weighted by Crippen LogP contribution is -2.38. The summed E-state index contributed by atoms with van der Waals surface area (Å²) in [7, 11) is 0. The molecule has 2 aromatic rings. The Labute approximate surface area is 137 Å². The maximum atomic E-state index is 14.3. The van der Waals surface area contributed by atoms with E-state index in [1.54, 1.807) is 6.92 Å². The number of hydrogen-bond donors (Lipinski definition) is 0. The largest absolute Gasteiger partial charge is 0.355 e. The fourth-order valence-corrected chi connectivity index (χ4v) is 3.07. The highest BCUT2D eigenvalue weighted by molar-refractivity contribution is 5.55. The lowest BCUT2D eigenvalue weighted by molar-refractivity contribution is -0.385. The molecule has 0 fully saturated rings. The van der Waals surface area contributed by atoms with Crippen LogP contribution in [-0.4, -0.2) is 26.2 Å². The van der Waals surface area contributed by atoms with Gasteiger partial charge in [-0.3, -0.25) is 10.1 Å². The monoisotopic (exact) mass is 337 g/mol. The predicted molar refractivity (Wildman–Crippen MR) is 82.9 cm³/mol. The molecule has 1 aliphatic heterocycles. The predicted octanol–water partition coefficient (Wildman–Crippen LogP) is 3.17. The molecule has 0 aliphatic carbocycles. The molecular formula is C15H17F2N5O2. The van der Waals surface area contributed by atoms with Gasteiger partial charge in [-0.25, -0.2) is 8.78 Å². The zero-order valence-corrected chi connectivity index (χ0v) is 13.5. The summed E-state index contributed by atoms with van der Waals surface area (Å²) >= 11 is 0. The van der Waals surface area contributed by atoms with Crippen molar-refractivity contribution in [1.29, 1.82) is 0 Å². The van der Waals surface area contributed by atoms with E-state index in [1.165, 1.54) is 4.90 Å². The van der Waals surface area contributed by atoms with Crippen LogP contribution in [-0.2, 0) is 6.54 Å². The first-order valence-corrected chi connectivity index (χ1v) is 7.64. The molecule has 0 radical (unpaired) electrons. The quantitative estimate of drug-likeness (QED) is 0.635. The molecular weight excluding hydrogens is 320 g/mol. The van der Waals surface area contributed by atoms with Crippen LogP contribution in [0, 0.1) is 21.7 Å². The Morgan fingerprint density at radius 2 is 1.88 bits per heavy atom. The molecule has 3 rings (SSSR count). The first-order chi connectivity index (χ1) is 11.3. The van der Waals surface area contributed by atoms with Crippen LogP contribution in [0.1, 0.15) is 44.4 Å². The highest BCUT2D eigenvalue weighted by Gasteiger charge is 2.32. The topological polar surface area (TPSA) is 77.1 Å². The van der Waals surface area contributed by atoms with E-state index in [1.807, 2.05) is 18.4 Å². The highest BCUT2D eigenvalue weighted by Crippen LogP contribution is 2.36. The number of non-ortho nitro benzene ring substituents is 1. The van der Waals surface area contributed by atoms with Gasteiger partial charge in [0.25, 0.3) is 5.69 Å². The van der Waals surface area contributed by atoms with Gasteiger partial charge in [0.05, 0.1) is 23.1 Å². The van der Waals surface area contributed by atoms with Crippen molar-refractivity contribution in [1.82, 2.24) is 14.8 Å². The van der Waals surface area contributed by atoms with Crippen LogP contribution in [0.3, 0.4) is 0 Å². The van der Waals surface area contributed by atoms with Crippen molar-refractivity contribution in [3.8, 4) is 0 Å². The zero-order valence-electron chi connectivity index (χ0n) is 13.5. The summed E-state index contributed by atoms with van der Waals surface area (Å²) in [6.07, 6.45) is 0. The summed E-state index contributed by atoms with van der Waals surface area (Å²) in [5.74, 6) is -0.253. The van der Waals surface area contributed by atoms with Crippen molar-refractivity contribution in [3.63, 3.8) is 0 Å². The first kappa shape index (κ1) is 16.3. The molecule has 1 aromatic carbocycles. The molecule has 2 heterocycles. The maximum absolute atomic E-state index is 14.3. The SMILES string of the molecule is CC(C)c1nnc2n1CCN(c1c(F)cc([N+](=O)[O-])cc1F)C2C. The highest BCUT2D eigenvalue weighted by atomic mass is 19.1. The Kier molecular flexibility index (Phi) is 3.94. The number of aromatic nitrogens is 3. The van der Waals surface area contributed by atoms with Crippen LogP contribution in [0.15, 0.2) is 12.1 Å². The molecule has 0 saturated heterocycles. The minimum absolute atomic E-state index is 0.192. The molecule has 128 valence electrons. The summed E-state index contributed by atoms with van der Waals surface area (Å²) in [6.45, 7) is 6.64. The van der Waals surface area contributed by atoms with E-state index in [2.05, 4.69) is 10.2 Å². The maximum Gasteiger partial charge on any atom is 0.275 e. The lowest BCUT2D eigenvalue weighted by atomic mass is 10.1. The van der Waals surface area contributed by atoms with E-state index in [-0.39, 0.29) is 11.6 Å². The van der Waals surface area contributed by atoms with Crippen LogP contribution in [0.4, 0.5) is 20.2 Å². The van der Waals surface area contributed by atoms with Gasteiger partial charge in [-0.1, -0.05) is 13.8 Å². The lowest BCUT2D eigenvalue weighted by Gasteiger charge is -2.36. The van der Waals surface area contributed by atoms with Crippen LogP contribution in [0.25, 0.3) is 0 Å². The molecule has 1 atom stereocenters. The van der Waals surface area contributed by atoms with Gasteiger partial charge in [-0.05, 0) is 6.92 Å². The average molecular weight is 337 g/mol. The molecule has 24 heavy (non-hydrogen) atoms. The standard InChI is InChI=1S/C15H17F2N5O2/c1-8(2)14-18-19-15-9(3)20(4-5-21(14)15)13-11(16)6-10(22(23)24)7-12(13)17/h6-9H,4-5H2,1-3H3. The van der Waals surface area contributed by atoms with Crippen LogP contribution in [0.2, 0.25) is 0 Å². The zero-order chi connectivity index (χ0) is 17.6. The number of nitrogens with zero attached hydrogens (tertiary/aromatic N) is 5. The molecule has 9 heteroatoms.